The molecule has 0 aromatic heterocycles. The summed E-state index contributed by atoms with van der Waals surface area (Å²) in [5, 5.41) is 8.18. The van der Waals surface area contributed by atoms with E-state index >= 15 is 0 Å². The second-order valence-electron chi connectivity index (χ2n) is 1.13. The molecule has 2 nitrogen and oxygen atoms in total. The van der Waals surface area contributed by atoms with Gasteiger partial charge in [-0.05, 0) is 0 Å². The van der Waals surface area contributed by atoms with Gasteiger partial charge in [-0.25, -0.2) is 0 Å². The van der Waals surface area contributed by atoms with E-state index < -0.39 is 0 Å². The predicted octanol–water partition coefficient (Wildman–Crippen LogP) is -0.308. The van der Waals surface area contributed by atoms with Gasteiger partial charge in [0.2, 0.25) is 0 Å². The van der Waals surface area contributed by atoms with Crippen LogP contribution in [0.2, 0.25) is 0 Å². The van der Waals surface area contributed by atoms with Gasteiger partial charge in [0.1, 0.15) is 0 Å². The Bertz CT molecular complexity index is 62.7. The monoisotopic (exact) mass is 136 g/mol. The van der Waals surface area contributed by atoms with Crippen LogP contribution in [-0.4, -0.2) is 22.3 Å². The molecule has 0 saturated heterocycles. The first-order chi connectivity index (χ1) is 3.27. The molecule has 0 atom stereocenters. The molecule has 0 saturated carbocycles. The summed E-state index contributed by atoms with van der Waals surface area (Å²) in [6.45, 7) is 2.38. The molecule has 0 aliphatic rings. The third-order valence-corrected chi connectivity index (χ3v) is 0.635. The molecular formula is C4H8O2Ti+2. The number of hydrogen-bond donors (Lipinski definition) is 1. The topological polar surface area (TPSA) is 29.5 Å². The molecule has 0 spiro atoms. The zero-order chi connectivity index (χ0) is 5.70. The molecular weight excluding hydrogens is 128 g/mol. The quantitative estimate of drug-likeness (QED) is 0.539. The van der Waals surface area contributed by atoms with Crippen LogP contribution in [0.25, 0.3) is 0 Å². The molecule has 0 radical (unpaired) electrons. The molecule has 3 heteroatoms. The van der Waals surface area contributed by atoms with Crippen molar-refractivity contribution in [1.29, 1.82) is 0 Å². The summed E-state index contributed by atoms with van der Waals surface area (Å²) >= 11 is 1.86. The van der Waals surface area contributed by atoms with E-state index in [1.165, 1.54) is 0 Å². The van der Waals surface area contributed by atoms with Crippen LogP contribution in [0, 0.1) is 0 Å². The molecule has 0 aromatic rings. The van der Waals surface area contributed by atoms with Crippen LogP contribution in [0.3, 0.4) is 0 Å². The van der Waals surface area contributed by atoms with Gasteiger partial charge in [-0.15, -0.1) is 0 Å². The Morgan fingerprint density at radius 1 is 1.86 bits per heavy atom. The van der Waals surface area contributed by atoms with Crippen molar-refractivity contribution >= 4 is 4.00 Å². The first-order valence-corrected chi connectivity index (χ1v) is 2.84. The summed E-state index contributed by atoms with van der Waals surface area (Å²) in [6, 6.07) is 0. The summed E-state index contributed by atoms with van der Waals surface area (Å²) in [4.78, 5) is 0. The van der Waals surface area contributed by atoms with Gasteiger partial charge in [0.25, 0.3) is 0 Å². The Hall–Kier alpha value is 0.504. The zero-order valence-electron chi connectivity index (χ0n) is 4.27. The van der Waals surface area contributed by atoms with E-state index in [-0.39, 0.29) is 6.61 Å². The van der Waals surface area contributed by atoms with Crippen LogP contribution in [0.15, 0.2) is 0 Å². The number of ether oxygens (including phenoxy) is 1. The minimum absolute atomic E-state index is 0.102. The normalized spacial score (nSPS) is 9.14. The fourth-order valence-corrected chi connectivity index (χ4v) is 0.358. The number of hydrogen-bond acceptors (Lipinski definition) is 2. The second-order valence-corrected chi connectivity index (χ2v) is 2.23. The molecule has 38 valence electrons. The van der Waals surface area contributed by atoms with Crippen molar-refractivity contribution in [1.82, 2.24) is 0 Å². The van der Waals surface area contributed by atoms with Gasteiger partial charge >= 0.3 is 54.0 Å². The summed E-state index contributed by atoms with van der Waals surface area (Å²) < 4.78 is 5.75. The van der Waals surface area contributed by atoms with Crippen LogP contribution in [0.5, 0.6) is 0 Å². The molecule has 0 amide bonds. The van der Waals surface area contributed by atoms with Gasteiger partial charge in [0, 0.05) is 0 Å². The Morgan fingerprint density at radius 2 is 2.43 bits per heavy atom. The van der Waals surface area contributed by atoms with E-state index in [0.29, 0.717) is 6.61 Å². The molecule has 0 aliphatic heterocycles. The molecule has 7 heavy (non-hydrogen) atoms. The number of aliphatic hydroxyl groups excluding tert-OH is 1. The summed E-state index contributed by atoms with van der Waals surface area (Å²) in [5.74, 6) is 0. The Labute approximate surface area is 54.4 Å². The number of aliphatic hydroxyl groups is 1. The third kappa shape index (κ3) is 6.50. The molecule has 1 N–H and O–H groups in total. The minimum atomic E-state index is 0.102. The molecule has 0 heterocycles. The summed E-state index contributed by atoms with van der Waals surface area (Å²) in [6.07, 6.45) is 0. The van der Waals surface area contributed by atoms with Gasteiger partial charge in [-0.3, -0.25) is 0 Å². The van der Waals surface area contributed by atoms with Crippen molar-refractivity contribution in [2.24, 2.45) is 0 Å². The predicted molar refractivity (Wildman–Crippen MR) is 23.7 cm³/mol. The summed E-state index contributed by atoms with van der Waals surface area (Å²) in [7, 11) is 0. The first kappa shape index (κ1) is 7.50. The van der Waals surface area contributed by atoms with Gasteiger partial charge in [-0.2, -0.15) is 0 Å². The van der Waals surface area contributed by atoms with E-state index in [1.807, 2.05) is 26.9 Å². The van der Waals surface area contributed by atoms with E-state index in [0.717, 1.165) is 4.00 Å². The Kier molecular flexibility index (Phi) is 4.99. The molecule has 0 bridgehead atoms. The molecule has 0 fully saturated rings. The third-order valence-electron chi connectivity index (χ3n) is 0.410. The standard InChI is InChI=1S/C4H8O2.Ti/c1-2-6-4-3-5;/h5H,3-4H2,1H3;/q;+2. The Balaban J connectivity index is 2.82. The van der Waals surface area contributed by atoms with Crippen LogP contribution in [0.1, 0.15) is 6.92 Å². The van der Waals surface area contributed by atoms with Crippen LogP contribution in [-0.2, 0) is 24.7 Å². The van der Waals surface area contributed by atoms with Crippen LogP contribution in [0.4, 0.5) is 0 Å². The molecule has 0 rings (SSSR count). The van der Waals surface area contributed by atoms with Crippen molar-refractivity contribution in [2.75, 3.05) is 13.2 Å². The maximum atomic E-state index is 8.18. The van der Waals surface area contributed by atoms with E-state index in [4.69, 9.17) is 9.84 Å². The molecule has 0 unspecified atom stereocenters. The van der Waals surface area contributed by atoms with Crippen LogP contribution < -0.4 is 0 Å². The van der Waals surface area contributed by atoms with Gasteiger partial charge in [0.15, 0.2) is 0 Å². The van der Waals surface area contributed by atoms with Crippen molar-refractivity contribution in [3.8, 4) is 0 Å². The number of rotatable bonds is 3. The van der Waals surface area contributed by atoms with Gasteiger partial charge < -0.3 is 0 Å². The maximum absolute atomic E-state index is 8.18. The van der Waals surface area contributed by atoms with Crippen molar-refractivity contribution in [3.05, 3.63) is 0 Å². The fraction of sp³-hybridized carbons (Fsp3) is 0.750. The average Bonchev–Trinajstić information content (AvgIpc) is 1.61. The van der Waals surface area contributed by atoms with Crippen molar-refractivity contribution in [3.63, 3.8) is 0 Å². The van der Waals surface area contributed by atoms with Crippen LogP contribution >= 0.6 is 0 Å². The van der Waals surface area contributed by atoms with Crippen molar-refractivity contribution in [2.45, 2.75) is 6.92 Å². The zero-order valence-corrected chi connectivity index (χ0v) is 5.83. The fourth-order valence-electron chi connectivity index (χ4n) is 0.199. The molecule has 0 aromatic carbocycles. The van der Waals surface area contributed by atoms with Gasteiger partial charge in [-0.1, -0.05) is 0 Å². The Morgan fingerprint density at radius 3 is 2.57 bits per heavy atom. The van der Waals surface area contributed by atoms with E-state index in [2.05, 4.69) is 0 Å². The molecule has 0 aliphatic carbocycles. The van der Waals surface area contributed by atoms with E-state index in [9.17, 15) is 0 Å². The van der Waals surface area contributed by atoms with Gasteiger partial charge in [0.05, 0.1) is 0 Å². The summed E-state index contributed by atoms with van der Waals surface area (Å²) in [5.41, 5.74) is 0. The average molecular weight is 136 g/mol. The van der Waals surface area contributed by atoms with E-state index in [1.54, 1.807) is 0 Å². The SMILES string of the molecule is C[C](=[Ti+2])OCCO. The van der Waals surface area contributed by atoms with Crippen molar-refractivity contribution < 1.29 is 29.8 Å². The second kappa shape index (κ2) is 4.66. The first-order valence-electron chi connectivity index (χ1n) is 2.06.